The number of anilines is 1. The molecule has 0 atom stereocenters. The molecule has 0 aromatic carbocycles. The van der Waals surface area contributed by atoms with Crippen molar-refractivity contribution in [3.8, 4) is 11.3 Å². The number of hydrogen-bond donors (Lipinski definition) is 2. The van der Waals surface area contributed by atoms with Gasteiger partial charge in [0, 0.05) is 23.5 Å². The van der Waals surface area contributed by atoms with Crippen molar-refractivity contribution in [1.29, 1.82) is 0 Å². The van der Waals surface area contributed by atoms with Gasteiger partial charge in [0.15, 0.2) is 0 Å². The van der Waals surface area contributed by atoms with Gasteiger partial charge in [0.05, 0.1) is 5.69 Å². The molecule has 2 aromatic heterocycles. The van der Waals surface area contributed by atoms with E-state index in [-0.39, 0.29) is 0 Å². The molecule has 0 fully saturated rings. The number of nitrogens with two attached hydrogens (primary N) is 1. The van der Waals surface area contributed by atoms with Gasteiger partial charge in [-0.2, -0.15) is 5.10 Å². The lowest BCUT2D eigenvalue weighted by Gasteiger charge is -1.95. The predicted molar refractivity (Wildman–Crippen MR) is 51.0 cm³/mol. The van der Waals surface area contributed by atoms with E-state index in [1.807, 2.05) is 19.1 Å². The van der Waals surface area contributed by atoms with Crippen LogP contribution in [-0.2, 0) is 0 Å². The largest absolute Gasteiger partial charge is 0.384 e. The fourth-order valence-corrected chi connectivity index (χ4v) is 1.20. The summed E-state index contributed by atoms with van der Waals surface area (Å²) in [6.45, 7) is 1.93. The highest BCUT2D eigenvalue weighted by Crippen LogP contribution is 2.22. The van der Waals surface area contributed by atoms with Gasteiger partial charge in [-0.3, -0.25) is 10.1 Å². The zero-order chi connectivity index (χ0) is 9.26. The second kappa shape index (κ2) is 2.90. The lowest BCUT2D eigenvalue weighted by Crippen LogP contribution is -1.86. The summed E-state index contributed by atoms with van der Waals surface area (Å²) in [6.07, 6.45) is 3.50. The Labute approximate surface area is 75.8 Å². The third-order valence-electron chi connectivity index (χ3n) is 1.98. The zero-order valence-electron chi connectivity index (χ0n) is 7.28. The number of nitrogens with one attached hydrogen (secondary N) is 1. The Morgan fingerprint density at radius 2 is 2.31 bits per heavy atom. The first-order chi connectivity index (χ1) is 6.29. The smallest absolute Gasteiger partial charge is 0.122 e. The Hall–Kier alpha value is -1.84. The summed E-state index contributed by atoms with van der Waals surface area (Å²) >= 11 is 0. The minimum atomic E-state index is 0.610. The van der Waals surface area contributed by atoms with Crippen LogP contribution in [0.25, 0.3) is 11.3 Å². The third-order valence-corrected chi connectivity index (χ3v) is 1.98. The monoisotopic (exact) mass is 174 g/mol. The van der Waals surface area contributed by atoms with E-state index in [1.54, 1.807) is 12.4 Å². The van der Waals surface area contributed by atoms with Crippen molar-refractivity contribution in [1.82, 2.24) is 15.2 Å². The van der Waals surface area contributed by atoms with E-state index in [0.29, 0.717) is 5.82 Å². The first-order valence-corrected chi connectivity index (χ1v) is 4.00. The fourth-order valence-electron chi connectivity index (χ4n) is 1.20. The molecular formula is C9H10N4. The first-order valence-electron chi connectivity index (χ1n) is 4.00. The van der Waals surface area contributed by atoms with Crippen LogP contribution in [0.3, 0.4) is 0 Å². The average molecular weight is 174 g/mol. The molecule has 0 saturated heterocycles. The minimum absolute atomic E-state index is 0.610. The van der Waals surface area contributed by atoms with Crippen LogP contribution in [0, 0.1) is 6.92 Å². The molecular weight excluding hydrogens is 164 g/mol. The molecule has 0 unspecified atom stereocenters. The average Bonchev–Trinajstić information content (AvgIpc) is 2.49. The van der Waals surface area contributed by atoms with Crippen molar-refractivity contribution in [2.45, 2.75) is 6.92 Å². The van der Waals surface area contributed by atoms with Gasteiger partial charge in [-0.1, -0.05) is 0 Å². The molecule has 0 aliphatic rings. The highest BCUT2D eigenvalue weighted by atomic mass is 15.2. The van der Waals surface area contributed by atoms with Crippen molar-refractivity contribution in [2.75, 3.05) is 5.73 Å². The van der Waals surface area contributed by atoms with Crippen molar-refractivity contribution in [2.24, 2.45) is 0 Å². The van der Waals surface area contributed by atoms with Crippen LogP contribution < -0.4 is 5.73 Å². The minimum Gasteiger partial charge on any atom is -0.384 e. The van der Waals surface area contributed by atoms with Gasteiger partial charge in [-0.05, 0) is 19.1 Å². The maximum absolute atomic E-state index is 5.64. The van der Waals surface area contributed by atoms with E-state index in [0.717, 1.165) is 16.8 Å². The Morgan fingerprint density at radius 1 is 1.46 bits per heavy atom. The van der Waals surface area contributed by atoms with Crippen molar-refractivity contribution in [3.63, 3.8) is 0 Å². The van der Waals surface area contributed by atoms with E-state index in [1.165, 1.54) is 0 Å². The van der Waals surface area contributed by atoms with Gasteiger partial charge in [-0.25, -0.2) is 0 Å². The van der Waals surface area contributed by atoms with Gasteiger partial charge < -0.3 is 5.73 Å². The molecule has 4 nitrogen and oxygen atoms in total. The highest BCUT2D eigenvalue weighted by molar-refractivity contribution is 5.66. The number of nitrogens with zero attached hydrogens (tertiary/aromatic N) is 2. The van der Waals surface area contributed by atoms with Gasteiger partial charge in [0.2, 0.25) is 0 Å². The number of pyridine rings is 1. The number of aromatic amines is 1. The molecule has 3 N–H and O–H groups in total. The van der Waals surface area contributed by atoms with Crippen molar-refractivity contribution in [3.05, 3.63) is 30.1 Å². The summed E-state index contributed by atoms with van der Waals surface area (Å²) in [4.78, 5) is 4.02. The lowest BCUT2D eigenvalue weighted by molar-refractivity contribution is 1.10. The number of hydrogen-bond acceptors (Lipinski definition) is 3. The van der Waals surface area contributed by atoms with Gasteiger partial charge >= 0.3 is 0 Å². The quantitative estimate of drug-likeness (QED) is 0.686. The van der Waals surface area contributed by atoms with Crippen LogP contribution in [0.4, 0.5) is 5.82 Å². The van der Waals surface area contributed by atoms with Gasteiger partial charge in [-0.15, -0.1) is 0 Å². The number of nitrogen functional groups attached to an aromatic ring is 1. The molecule has 2 rings (SSSR count). The van der Waals surface area contributed by atoms with E-state index in [9.17, 15) is 0 Å². The Bertz CT molecular complexity index is 405. The molecule has 0 aliphatic heterocycles. The number of H-pyrrole nitrogens is 1. The maximum atomic E-state index is 5.64. The van der Waals surface area contributed by atoms with Crippen LogP contribution in [0.1, 0.15) is 5.56 Å². The summed E-state index contributed by atoms with van der Waals surface area (Å²) in [6, 6.07) is 3.83. The second-order valence-electron chi connectivity index (χ2n) is 2.85. The molecule has 0 amide bonds. The van der Waals surface area contributed by atoms with Crippen molar-refractivity contribution < 1.29 is 0 Å². The molecule has 0 saturated carbocycles. The summed E-state index contributed by atoms with van der Waals surface area (Å²) in [5, 5.41) is 6.83. The van der Waals surface area contributed by atoms with Crippen LogP contribution in [0.15, 0.2) is 24.5 Å². The lowest BCUT2D eigenvalue weighted by atomic mass is 10.1. The molecule has 13 heavy (non-hydrogen) atoms. The van der Waals surface area contributed by atoms with Gasteiger partial charge in [0.25, 0.3) is 0 Å². The van der Waals surface area contributed by atoms with Gasteiger partial charge in [0.1, 0.15) is 5.82 Å². The van der Waals surface area contributed by atoms with Crippen LogP contribution in [-0.4, -0.2) is 15.2 Å². The number of rotatable bonds is 1. The molecule has 0 bridgehead atoms. The van der Waals surface area contributed by atoms with E-state index in [2.05, 4.69) is 15.2 Å². The first kappa shape index (κ1) is 7.79. The fraction of sp³-hybridized carbons (Fsp3) is 0.111. The third kappa shape index (κ3) is 1.26. The van der Waals surface area contributed by atoms with Crippen LogP contribution in [0.5, 0.6) is 0 Å². The van der Waals surface area contributed by atoms with Crippen LogP contribution >= 0.6 is 0 Å². The molecule has 2 aromatic rings. The second-order valence-corrected chi connectivity index (χ2v) is 2.85. The van der Waals surface area contributed by atoms with E-state index < -0.39 is 0 Å². The Kier molecular flexibility index (Phi) is 1.73. The summed E-state index contributed by atoms with van der Waals surface area (Å²) in [7, 11) is 0. The van der Waals surface area contributed by atoms with E-state index in [4.69, 9.17) is 5.73 Å². The van der Waals surface area contributed by atoms with E-state index >= 15 is 0 Å². The molecule has 0 radical (unpaired) electrons. The topological polar surface area (TPSA) is 67.6 Å². The maximum Gasteiger partial charge on any atom is 0.122 e. The SMILES string of the molecule is Cc1c(-c2cccnc2)n[nH]c1N. The Morgan fingerprint density at radius 3 is 2.85 bits per heavy atom. The standard InChI is InChI=1S/C9H10N4/c1-6-8(12-13-9(6)10)7-3-2-4-11-5-7/h2-5H,1H3,(H3,10,12,13). The van der Waals surface area contributed by atoms with Crippen LogP contribution in [0.2, 0.25) is 0 Å². The molecule has 66 valence electrons. The summed E-state index contributed by atoms with van der Waals surface area (Å²) in [5.41, 5.74) is 8.45. The van der Waals surface area contributed by atoms with Crippen molar-refractivity contribution >= 4 is 5.82 Å². The molecule has 0 aliphatic carbocycles. The Balaban J connectivity index is 2.53. The molecule has 2 heterocycles. The normalized spacial score (nSPS) is 10.2. The molecule has 4 heteroatoms. The predicted octanol–water partition coefficient (Wildman–Crippen LogP) is 1.36. The summed E-state index contributed by atoms with van der Waals surface area (Å²) in [5.74, 6) is 0.610. The molecule has 0 spiro atoms. The summed E-state index contributed by atoms with van der Waals surface area (Å²) < 4.78 is 0. The number of aromatic nitrogens is 3. The highest BCUT2D eigenvalue weighted by Gasteiger charge is 2.07. The zero-order valence-corrected chi connectivity index (χ0v) is 7.28.